The summed E-state index contributed by atoms with van der Waals surface area (Å²) in [6.07, 6.45) is 1.56. The molecule has 126 valence electrons. The number of carbonyl (C=O) groups excluding carboxylic acids is 2. The first-order valence-electron chi connectivity index (χ1n) is 7.90. The fourth-order valence-electron chi connectivity index (χ4n) is 2.56. The predicted octanol–water partition coefficient (Wildman–Crippen LogP) is 3.36. The SMILES string of the molecule is Cc1cccc(N(C)C(=O)COC(=O)c2nccc3ccccc23)c1. The van der Waals surface area contributed by atoms with Gasteiger partial charge in [-0.1, -0.05) is 36.4 Å². The van der Waals surface area contributed by atoms with Gasteiger partial charge in [-0.05, 0) is 36.1 Å². The number of nitrogens with zero attached hydrogens (tertiary/aromatic N) is 2. The molecule has 2 aromatic carbocycles. The van der Waals surface area contributed by atoms with Crippen molar-refractivity contribution in [2.24, 2.45) is 0 Å². The Morgan fingerprint density at radius 3 is 2.68 bits per heavy atom. The lowest BCUT2D eigenvalue weighted by atomic mass is 10.1. The number of esters is 1. The van der Waals surface area contributed by atoms with E-state index in [-0.39, 0.29) is 18.2 Å². The summed E-state index contributed by atoms with van der Waals surface area (Å²) in [7, 11) is 1.65. The smallest absolute Gasteiger partial charge is 0.358 e. The summed E-state index contributed by atoms with van der Waals surface area (Å²) >= 11 is 0. The Kier molecular flexibility index (Phi) is 4.75. The van der Waals surface area contributed by atoms with Crippen LogP contribution in [0.2, 0.25) is 0 Å². The van der Waals surface area contributed by atoms with E-state index in [1.54, 1.807) is 19.3 Å². The fraction of sp³-hybridized carbons (Fsp3) is 0.150. The molecule has 0 fully saturated rings. The number of aromatic nitrogens is 1. The Hall–Kier alpha value is -3.21. The van der Waals surface area contributed by atoms with Gasteiger partial charge in [0, 0.05) is 24.3 Å². The lowest BCUT2D eigenvalue weighted by Gasteiger charge is -2.17. The van der Waals surface area contributed by atoms with Gasteiger partial charge in [0.2, 0.25) is 0 Å². The quantitative estimate of drug-likeness (QED) is 0.687. The van der Waals surface area contributed by atoms with Gasteiger partial charge in [0.1, 0.15) is 0 Å². The third-order valence-corrected chi connectivity index (χ3v) is 3.96. The first-order valence-corrected chi connectivity index (χ1v) is 7.90. The number of amides is 1. The van der Waals surface area contributed by atoms with Crippen molar-refractivity contribution in [1.82, 2.24) is 4.98 Å². The minimum atomic E-state index is -0.609. The number of anilines is 1. The molecule has 0 bridgehead atoms. The summed E-state index contributed by atoms with van der Waals surface area (Å²) in [5.74, 6) is -0.915. The van der Waals surface area contributed by atoms with Gasteiger partial charge in [0.15, 0.2) is 12.3 Å². The van der Waals surface area contributed by atoms with Crippen LogP contribution in [0.3, 0.4) is 0 Å². The molecule has 1 heterocycles. The molecular formula is C20H18N2O3. The van der Waals surface area contributed by atoms with Crippen LogP contribution < -0.4 is 4.90 Å². The predicted molar refractivity (Wildman–Crippen MR) is 96.6 cm³/mol. The van der Waals surface area contributed by atoms with Gasteiger partial charge in [-0.25, -0.2) is 9.78 Å². The van der Waals surface area contributed by atoms with Crippen LogP contribution in [-0.4, -0.2) is 30.5 Å². The van der Waals surface area contributed by atoms with E-state index in [4.69, 9.17) is 4.74 Å². The molecule has 0 radical (unpaired) electrons. The number of aryl methyl sites for hydroxylation is 1. The van der Waals surface area contributed by atoms with E-state index in [0.717, 1.165) is 16.6 Å². The molecule has 1 amide bonds. The summed E-state index contributed by atoms with van der Waals surface area (Å²) in [5, 5.41) is 1.60. The van der Waals surface area contributed by atoms with Crippen molar-refractivity contribution < 1.29 is 14.3 Å². The molecule has 0 N–H and O–H groups in total. The standard InChI is InChI=1S/C20H18N2O3/c1-14-6-5-8-16(12-14)22(2)18(23)13-25-20(24)19-17-9-4-3-7-15(17)10-11-21-19/h3-12H,13H2,1-2H3. The van der Waals surface area contributed by atoms with Crippen molar-refractivity contribution in [3.63, 3.8) is 0 Å². The number of fused-ring (bicyclic) bond motifs is 1. The maximum absolute atomic E-state index is 12.3. The van der Waals surface area contributed by atoms with Crippen molar-refractivity contribution in [3.05, 3.63) is 72.1 Å². The molecule has 0 spiro atoms. The summed E-state index contributed by atoms with van der Waals surface area (Å²) in [6.45, 7) is 1.61. The van der Waals surface area contributed by atoms with E-state index in [9.17, 15) is 9.59 Å². The van der Waals surface area contributed by atoms with Crippen LogP contribution in [0.4, 0.5) is 5.69 Å². The molecule has 3 rings (SSSR count). The average molecular weight is 334 g/mol. The van der Waals surface area contributed by atoms with Gasteiger partial charge in [0.25, 0.3) is 5.91 Å². The molecule has 0 atom stereocenters. The second-order valence-corrected chi connectivity index (χ2v) is 5.75. The number of hydrogen-bond donors (Lipinski definition) is 0. The van der Waals surface area contributed by atoms with Gasteiger partial charge in [-0.15, -0.1) is 0 Å². The van der Waals surface area contributed by atoms with Crippen LogP contribution in [0.25, 0.3) is 10.8 Å². The Morgan fingerprint density at radius 1 is 1.08 bits per heavy atom. The van der Waals surface area contributed by atoms with Crippen molar-refractivity contribution in [3.8, 4) is 0 Å². The van der Waals surface area contributed by atoms with Crippen molar-refractivity contribution in [2.45, 2.75) is 6.92 Å². The molecule has 0 aliphatic rings. The third kappa shape index (κ3) is 3.66. The van der Waals surface area contributed by atoms with E-state index in [1.165, 1.54) is 4.90 Å². The lowest BCUT2D eigenvalue weighted by molar-refractivity contribution is -0.121. The number of ether oxygens (including phenoxy) is 1. The van der Waals surface area contributed by atoms with Gasteiger partial charge in [-0.3, -0.25) is 4.79 Å². The Balaban J connectivity index is 1.70. The summed E-state index contributed by atoms with van der Waals surface area (Å²) in [5.41, 5.74) is 2.02. The zero-order valence-electron chi connectivity index (χ0n) is 14.1. The molecule has 5 heteroatoms. The fourth-order valence-corrected chi connectivity index (χ4v) is 2.56. The number of carbonyl (C=O) groups is 2. The highest BCUT2D eigenvalue weighted by molar-refractivity contribution is 6.03. The summed E-state index contributed by atoms with van der Waals surface area (Å²) in [6, 6.07) is 16.8. The molecule has 0 aliphatic carbocycles. The number of likely N-dealkylation sites (N-methyl/N-ethyl adjacent to an activating group) is 1. The van der Waals surface area contributed by atoms with Gasteiger partial charge in [-0.2, -0.15) is 0 Å². The van der Waals surface area contributed by atoms with Crippen LogP contribution in [0.1, 0.15) is 16.1 Å². The highest BCUT2D eigenvalue weighted by Crippen LogP contribution is 2.18. The Labute approximate surface area is 145 Å². The molecular weight excluding hydrogens is 316 g/mol. The summed E-state index contributed by atoms with van der Waals surface area (Å²) < 4.78 is 5.18. The number of rotatable bonds is 4. The molecule has 0 unspecified atom stereocenters. The molecule has 5 nitrogen and oxygen atoms in total. The van der Waals surface area contributed by atoms with Gasteiger partial charge < -0.3 is 9.64 Å². The van der Waals surface area contributed by atoms with E-state index in [2.05, 4.69) is 4.98 Å². The van der Waals surface area contributed by atoms with Crippen molar-refractivity contribution in [1.29, 1.82) is 0 Å². The first kappa shape index (κ1) is 16.6. The number of pyridine rings is 1. The third-order valence-electron chi connectivity index (χ3n) is 3.96. The van der Waals surface area contributed by atoms with E-state index in [0.29, 0.717) is 5.39 Å². The largest absolute Gasteiger partial charge is 0.451 e. The Morgan fingerprint density at radius 2 is 1.88 bits per heavy atom. The molecule has 1 aromatic heterocycles. The molecule has 0 saturated heterocycles. The zero-order chi connectivity index (χ0) is 17.8. The highest BCUT2D eigenvalue weighted by Gasteiger charge is 2.17. The van der Waals surface area contributed by atoms with E-state index < -0.39 is 5.97 Å². The molecule has 25 heavy (non-hydrogen) atoms. The van der Waals surface area contributed by atoms with Crippen LogP contribution in [0.15, 0.2) is 60.8 Å². The first-order chi connectivity index (χ1) is 12.1. The van der Waals surface area contributed by atoms with E-state index >= 15 is 0 Å². The average Bonchev–Trinajstić information content (AvgIpc) is 2.64. The minimum absolute atomic E-state index is 0.212. The molecule has 0 aliphatic heterocycles. The van der Waals surface area contributed by atoms with Gasteiger partial charge >= 0.3 is 5.97 Å². The highest BCUT2D eigenvalue weighted by atomic mass is 16.5. The van der Waals surface area contributed by atoms with Crippen molar-refractivity contribution >= 4 is 28.3 Å². The van der Waals surface area contributed by atoms with Crippen LogP contribution in [0, 0.1) is 6.92 Å². The van der Waals surface area contributed by atoms with Crippen LogP contribution in [0.5, 0.6) is 0 Å². The van der Waals surface area contributed by atoms with Gasteiger partial charge in [0.05, 0.1) is 0 Å². The molecule has 3 aromatic rings. The monoisotopic (exact) mass is 334 g/mol. The Bertz CT molecular complexity index is 932. The maximum Gasteiger partial charge on any atom is 0.358 e. The van der Waals surface area contributed by atoms with E-state index in [1.807, 2.05) is 55.5 Å². The minimum Gasteiger partial charge on any atom is -0.451 e. The second-order valence-electron chi connectivity index (χ2n) is 5.75. The van der Waals surface area contributed by atoms with Crippen LogP contribution >= 0.6 is 0 Å². The maximum atomic E-state index is 12.3. The number of hydrogen-bond acceptors (Lipinski definition) is 4. The lowest BCUT2D eigenvalue weighted by Crippen LogP contribution is -2.31. The van der Waals surface area contributed by atoms with Crippen molar-refractivity contribution in [2.75, 3.05) is 18.6 Å². The zero-order valence-corrected chi connectivity index (χ0v) is 14.1. The van der Waals surface area contributed by atoms with Crippen LogP contribution in [-0.2, 0) is 9.53 Å². The number of benzene rings is 2. The summed E-state index contributed by atoms with van der Waals surface area (Å²) in [4.78, 5) is 30.2. The topological polar surface area (TPSA) is 59.5 Å². The second kappa shape index (κ2) is 7.13. The molecule has 0 saturated carbocycles. The normalized spacial score (nSPS) is 10.5.